The minimum absolute atomic E-state index is 0.0188. The summed E-state index contributed by atoms with van der Waals surface area (Å²) < 4.78 is 0. The minimum atomic E-state index is -0.292. The average molecular weight is 389 g/mol. The highest BCUT2D eigenvalue weighted by Crippen LogP contribution is 2.41. The molecule has 0 fully saturated rings. The highest BCUT2D eigenvalue weighted by Gasteiger charge is 2.34. The van der Waals surface area contributed by atoms with Crippen molar-refractivity contribution in [1.82, 2.24) is 0 Å². The molecule has 6 heteroatoms. The molecule has 0 saturated heterocycles. The lowest BCUT2D eigenvalue weighted by molar-refractivity contribution is -0.122. The van der Waals surface area contributed by atoms with Gasteiger partial charge in [0.25, 0.3) is 0 Å². The van der Waals surface area contributed by atoms with Crippen LogP contribution in [-0.2, 0) is 9.59 Å². The van der Waals surface area contributed by atoms with Gasteiger partial charge in [-0.3, -0.25) is 9.59 Å². The van der Waals surface area contributed by atoms with Gasteiger partial charge in [0.15, 0.2) is 16.7 Å². The normalized spacial score (nSPS) is 17.2. The number of aliphatic hydroxyl groups is 1. The summed E-state index contributed by atoms with van der Waals surface area (Å²) in [4.78, 5) is 26.4. The van der Waals surface area contributed by atoms with E-state index in [0.717, 1.165) is 27.9 Å². The van der Waals surface area contributed by atoms with E-state index >= 15 is 0 Å². The van der Waals surface area contributed by atoms with Gasteiger partial charge in [0, 0.05) is 31.5 Å². The Balaban J connectivity index is 2.58. The number of nitrogens with zero attached hydrogens (tertiary/aromatic N) is 1. The summed E-state index contributed by atoms with van der Waals surface area (Å²) in [6.45, 7) is 10.3. The molecule has 2 rings (SSSR count). The number of hydrogen-bond acceptors (Lipinski definition) is 4. The number of carbonyl (C=O) groups is 2. The van der Waals surface area contributed by atoms with Crippen molar-refractivity contribution in [2.45, 2.75) is 59.8 Å². The molecular formula is C21H28N2O3S. The van der Waals surface area contributed by atoms with Crippen molar-refractivity contribution in [3.63, 3.8) is 0 Å². The van der Waals surface area contributed by atoms with Crippen LogP contribution in [-0.4, -0.2) is 28.3 Å². The van der Waals surface area contributed by atoms with Crippen molar-refractivity contribution in [1.29, 1.82) is 0 Å². The molecule has 0 radical (unpaired) electrons. The van der Waals surface area contributed by atoms with Gasteiger partial charge < -0.3 is 15.7 Å². The highest BCUT2D eigenvalue weighted by atomic mass is 32.1. The van der Waals surface area contributed by atoms with Crippen LogP contribution in [0.3, 0.4) is 0 Å². The number of nitrogens with two attached hydrogens (primary N) is 1. The van der Waals surface area contributed by atoms with Gasteiger partial charge in [-0.1, -0.05) is 13.0 Å². The standard InChI is InChI=1S/C21H28N2O3S/c1-6-15(24)19-16(25)9-14(10-17(19)26)18-11(3)8-12(4)20(13(18)5)23(7-2)21(22)27/h8,14,25H,6-7,9-10H2,1-5H3,(H2,22,27). The summed E-state index contributed by atoms with van der Waals surface area (Å²) in [6.07, 6.45) is 0.715. The van der Waals surface area contributed by atoms with Crippen molar-refractivity contribution in [2.24, 2.45) is 5.73 Å². The van der Waals surface area contributed by atoms with E-state index < -0.39 is 0 Å². The fourth-order valence-corrected chi connectivity index (χ4v) is 4.47. The van der Waals surface area contributed by atoms with E-state index in [1.165, 1.54) is 0 Å². The van der Waals surface area contributed by atoms with E-state index in [2.05, 4.69) is 6.07 Å². The zero-order valence-electron chi connectivity index (χ0n) is 16.7. The molecule has 146 valence electrons. The summed E-state index contributed by atoms with van der Waals surface area (Å²) >= 11 is 5.21. The lowest BCUT2D eigenvalue weighted by Gasteiger charge is -2.31. The smallest absolute Gasteiger partial charge is 0.170 e. The first-order valence-electron chi connectivity index (χ1n) is 9.30. The molecule has 1 unspecified atom stereocenters. The molecule has 5 nitrogen and oxygen atoms in total. The number of ketones is 2. The SMILES string of the molecule is CCC(=O)C1=C(O)CC(c2c(C)cc(C)c(N(CC)C(N)=S)c2C)CC1=O. The Bertz CT molecular complexity index is 842. The Morgan fingerprint density at radius 1 is 1.26 bits per heavy atom. The average Bonchev–Trinajstić information content (AvgIpc) is 2.57. The molecule has 0 saturated carbocycles. The van der Waals surface area contributed by atoms with E-state index in [9.17, 15) is 14.7 Å². The number of Topliss-reactive ketones (excluding diaryl/α,β-unsaturated/α-hetero) is 2. The molecule has 0 aromatic heterocycles. The van der Waals surface area contributed by atoms with Crippen LogP contribution in [0.5, 0.6) is 0 Å². The predicted molar refractivity (Wildman–Crippen MR) is 112 cm³/mol. The Hall–Kier alpha value is -2.21. The Kier molecular flexibility index (Phi) is 6.42. The van der Waals surface area contributed by atoms with Gasteiger partial charge in [0.1, 0.15) is 5.76 Å². The molecule has 1 aromatic carbocycles. The zero-order chi connectivity index (χ0) is 20.5. The maximum absolute atomic E-state index is 12.6. The summed E-state index contributed by atoms with van der Waals surface area (Å²) in [5.41, 5.74) is 11.0. The molecule has 0 aliphatic heterocycles. The van der Waals surface area contributed by atoms with Crippen molar-refractivity contribution in [3.8, 4) is 0 Å². The van der Waals surface area contributed by atoms with Crippen LogP contribution in [0, 0.1) is 20.8 Å². The Labute approximate surface area is 166 Å². The second-order valence-electron chi connectivity index (χ2n) is 7.11. The quantitative estimate of drug-likeness (QED) is 0.587. The molecule has 1 aliphatic rings. The van der Waals surface area contributed by atoms with E-state index in [0.29, 0.717) is 11.7 Å². The molecule has 0 spiro atoms. The maximum atomic E-state index is 12.6. The van der Waals surface area contributed by atoms with E-state index in [-0.39, 0.29) is 48.1 Å². The van der Waals surface area contributed by atoms with Crippen LogP contribution < -0.4 is 10.6 Å². The molecule has 27 heavy (non-hydrogen) atoms. The molecule has 1 aromatic rings. The summed E-state index contributed by atoms with van der Waals surface area (Å²) in [5, 5.41) is 10.7. The molecule has 0 amide bonds. The lowest BCUT2D eigenvalue weighted by atomic mass is 9.77. The number of thiocarbonyl (C=S) groups is 1. The van der Waals surface area contributed by atoms with Crippen LogP contribution in [0.25, 0.3) is 0 Å². The van der Waals surface area contributed by atoms with Gasteiger partial charge in [-0.15, -0.1) is 0 Å². The third-order valence-electron chi connectivity index (χ3n) is 5.29. The number of aryl methyl sites for hydroxylation is 2. The van der Waals surface area contributed by atoms with Crippen LogP contribution >= 0.6 is 12.2 Å². The monoisotopic (exact) mass is 388 g/mol. The summed E-state index contributed by atoms with van der Waals surface area (Å²) in [6, 6.07) is 2.07. The van der Waals surface area contributed by atoms with Crippen molar-refractivity contribution in [3.05, 3.63) is 39.7 Å². The molecular weight excluding hydrogens is 360 g/mol. The number of hydrogen-bond donors (Lipinski definition) is 2. The van der Waals surface area contributed by atoms with Crippen LogP contribution in [0.1, 0.15) is 61.3 Å². The largest absolute Gasteiger partial charge is 0.511 e. The minimum Gasteiger partial charge on any atom is -0.511 e. The first-order chi connectivity index (χ1) is 12.6. The molecule has 1 aliphatic carbocycles. The fourth-order valence-electron chi connectivity index (χ4n) is 4.25. The fraction of sp³-hybridized carbons (Fsp3) is 0.476. The summed E-state index contributed by atoms with van der Waals surface area (Å²) in [5.74, 6) is -0.834. The Morgan fingerprint density at radius 3 is 2.37 bits per heavy atom. The van der Waals surface area contributed by atoms with E-state index in [4.69, 9.17) is 18.0 Å². The van der Waals surface area contributed by atoms with Crippen LogP contribution in [0.2, 0.25) is 0 Å². The van der Waals surface area contributed by atoms with Crippen LogP contribution in [0.4, 0.5) is 5.69 Å². The second-order valence-corrected chi connectivity index (χ2v) is 7.53. The van der Waals surface area contributed by atoms with Gasteiger partial charge in [0.2, 0.25) is 0 Å². The zero-order valence-corrected chi connectivity index (χ0v) is 17.5. The number of aliphatic hydroxyl groups excluding tert-OH is 1. The van der Waals surface area contributed by atoms with Gasteiger partial charge in [0.05, 0.1) is 5.57 Å². The first kappa shape index (κ1) is 21.1. The summed E-state index contributed by atoms with van der Waals surface area (Å²) in [7, 11) is 0. The third kappa shape index (κ3) is 3.90. The number of rotatable bonds is 5. The molecule has 3 N–H and O–H groups in total. The van der Waals surface area contributed by atoms with Crippen molar-refractivity contribution >= 4 is 34.6 Å². The lowest BCUT2D eigenvalue weighted by Crippen LogP contribution is -2.36. The maximum Gasteiger partial charge on any atom is 0.170 e. The first-order valence-corrected chi connectivity index (χ1v) is 9.70. The number of anilines is 1. The van der Waals surface area contributed by atoms with Crippen molar-refractivity contribution < 1.29 is 14.7 Å². The van der Waals surface area contributed by atoms with Gasteiger partial charge in [-0.05, 0) is 68.1 Å². The topological polar surface area (TPSA) is 83.6 Å². The van der Waals surface area contributed by atoms with Crippen LogP contribution in [0.15, 0.2) is 17.4 Å². The third-order valence-corrected chi connectivity index (χ3v) is 5.51. The molecule has 1 atom stereocenters. The van der Waals surface area contributed by atoms with Gasteiger partial charge in [-0.2, -0.15) is 0 Å². The molecule has 0 bridgehead atoms. The number of benzene rings is 1. The Morgan fingerprint density at radius 2 is 1.89 bits per heavy atom. The number of allylic oxidation sites excluding steroid dienone is 2. The van der Waals surface area contributed by atoms with E-state index in [1.807, 2.05) is 32.6 Å². The van der Waals surface area contributed by atoms with Gasteiger partial charge >= 0.3 is 0 Å². The van der Waals surface area contributed by atoms with Crippen molar-refractivity contribution in [2.75, 3.05) is 11.4 Å². The predicted octanol–water partition coefficient (Wildman–Crippen LogP) is 3.92. The highest BCUT2D eigenvalue weighted by molar-refractivity contribution is 7.80. The second kappa shape index (κ2) is 8.21. The number of carbonyl (C=O) groups excluding carboxylic acids is 2. The van der Waals surface area contributed by atoms with Gasteiger partial charge in [-0.25, -0.2) is 0 Å². The molecule has 0 heterocycles. The van der Waals surface area contributed by atoms with E-state index in [1.54, 1.807) is 6.92 Å².